The van der Waals surface area contributed by atoms with Crippen LogP contribution in [-0.4, -0.2) is 34.4 Å². The number of aliphatic hydroxyl groups excluding tert-OH is 1. The van der Waals surface area contributed by atoms with Crippen LogP contribution in [0.5, 0.6) is 0 Å². The molecule has 0 heterocycles. The fourth-order valence-corrected chi connectivity index (χ4v) is 7.02. The van der Waals surface area contributed by atoms with Crippen molar-refractivity contribution >= 4 is 18.0 Å². The van der Waals surface area contributed by atoms with Gasteiger partial charge < -0.3 is 10.2 Å². The highest BCUT2D eigenvalue weighted by Gasteiger charge is 2.67. The summed E-state index contributed by atoms with van der Waals surface area (Å²) in [5.74, 6) is -0.893. The molecule has 3 aliphatic rings. The van der Waals surface area contributed by atoms with E-state index in [2.05, 4.69) is 13.8 Å². The van der Waals surface area contributed by atoms with Crippen LogP contribution >= 0.6 is 0 Å². The Bertz CT molecular complexity index is 865. The Kier molecular flexibility index (Phi) is 5.74. The average Bonchev–Trinajstić information content (AvgIpc) is 2.96. The first-order valence-corrected chi connectivity index (χ1v) is 10.9. The standard InChI is InChI=1S/C25H34O5/c1-15(14-26)7-6-8-16(2)21-17(27)13-19-23(3)12-10-20(28)25(5,22(29)30)18(23)9-11-24(19,21)4/h6-8,14,18-20,28H,9-13H2,1-5H3,(H,29,30)/b8-6+,15-7+,21-16-/t18?,19-,20?,23-,24?,25+/m0/s1. The molecule has 3 unspecified atom stereocenters. The first-order valence-electron chi connectivity index (χ1n) is 10.9. The number of ketones is 1. The molecule has 3 aliphatic carbocycles. The quantitative estimate of drug-likeness (QED) is 0.407. The largest absolute Gasteiger partial charge is 0.481 e. The lowest BCUT2D eigenvalue weighted by atomic mass is 9.43. The smallest absolute Gasteiger partial charge is 0.312 e. The van der Waals surface area contributed by atoms with E-state index in [0.29, 0.717) is 24.8 Å². The normalized spacial score (nSPS) is 43.3. The maximum Gasteiger partial charge on any atom is 0.312 e. The second-order valence-electron chi connectivity index (χ2n) is 10.3. The van der Waals surface area contributed by atoms with Gasteiger partial charge in [-0.05, 0) is 74.9 Å². The van der Waals surface area contributed by atoms with Crippen LogP contribution in [0.1, 0.15) is 66.7 Å². The summed E-state index contributed by atoms with van der Waals surface area (Å²) in [7, 11) is 0. The zero-order chi connectivity index (χ0) is 22.5. The zero-order valence-electron chi connectivity index (χ0n) is 18.7. The number of rotatable bonds is 4. The van der Waals surface area contributed by atoms with Crippen molar-refractivity contribution in [2.75, 3.05) is 0 Å². The molecule has 3 saturated carbocycles. The fourth-order valence-electron chi connectivity index (χ4n) is 7.02. The third kappa shape index (κ3) is 3.13. The van der Waals surface area contributed by atoms with Crippen LogP contribution in [0.3, 0.4) is 0 Å². The maximum absolute atomic E-state index is 13.2. The SMILES string of the molecule is C\C(C=O)=C/C=C/C(C)=C1/C(=O)C[C@@H]2C1(C)CCC1[C@@](C)(C(=O)O)C(O)CC[C@@]12C. The van der Waals surface area contributed by atoms with Crippen LogP contribution in [0.15, 0.2) is 34.9 Å². The Morgan fingerprint density at radius 2 is 1.77 bits per heavy atom. The van der Waals surface area contributed by atoms with Gasteiger partial charge in [-0.3, -0.25) is 14.4 Å². The molecule has 5 nitrogen and oxygen atoms in total. The molecule has 0 amide bonds. The number of aliphatic hydroxyl groups is 1. The highest BCUT2D eigenvalue weighted by atomic mass is 16.4. The minimum Gasteiger partial charge on any atom is -0.481 e. The van der Waals surface area contributed by atoms with Gasteiger partial charge in [0.15, 0.2) is 5.78 Å². The summed E-state index contributed by atoms with van der Waals surface area (Å²) < 4.78 is 0. The average molecular weight is 415 g/mol. The van der Waals surface area contributed by atoms with Gasteiger partial charge in [0.1, 0.15) is 6.29 Å². The number of allylic oxidation sites excluding steroid dienone is 6. The van der Waals surface area contributed by atoms with Crippen molar-refractivity contribution in [1.29, 1.82) is 0 Å². The van der Waals surface area contributed by atoms with Crippen LogP contribution in [0.4, 0.5) is 0 Å². The van der Waals surface area contributed by atoms with Crippen molar-refractivity contribution in [3.63, 3.8) is 0 Å². The predicted molar refractivity (Wildman–Crippen MR) is 115 cm³/mol. The van der Waals surface area contributed by atoms with E-state index in [1.54, 1.807) is 19.9 Å². The van der Waals surface area contributed by atoms with E-state index in [1.165, 1.54) is 0 Å². The first kappa shape index (κ1) is 22.7. The van der Waals surface area contributed by atoms with Crippen molar-refractivity contribution < 1.29 is 24.6 Å². The number of aliphatic carboxylic acids is 1. The molecule has 0 bridgehead atoms. The number of hydrogen-bond donors (Lipinski definition) is 2. The van der Waals surface area contributed by atoms with Gasteiger partial charge in [-0.25, -0.2) is 0 Å². The molecule has 0 spiro atoms. The minimum absolute atomic E-state index is 0.0630. The lowest BCUT2D eigenvalue weighted by molar-refractivity contribution is -0.194. The van der Waals surface area contributed by atoms with Gasteiger partial charge in [0.25, 0.3) is 0 Å². The first-order chi connectivity index (χ1) is 13.9. The Labute approximate surface area is 178 Å². The molecule has 30 heavy (non-hydrogen) atoms. The molecule has 3 fully saturated rings. The molecule has 0 radical (unpaired) electrons. The zero-order valence-corrected chi connectivity index (χ0v) is 18.7. The van der Waals surface area contributed by atoms with Crippen LogP contribution in [0.25, 0.3) is 0 Å². The van der Waals surface area contributed by atoms with E-state index in [-0.39, 0.29) is 28.4 Å². The molecule has 0 saturated heterocycles. The number of carboxylic acid groups (broad SMARTS) is 1. The van der Waals surface area contributed by atoms with E-state index in [1.807, 2.05) is 19.1 Å². The molecule has 3 rings (SSSR count). The molecule has 0 aromatic rings. The van der Waals surface area contributed by atoms with Crippen molar-refractivity contribution in [2.24, 2.45) is 28.1 Å². The van der Waals surface area contributed by atoms with E-state index in [9.17, 15) is 24.6 Å². The van der Waals surface area contributed by atoms with Crippen molar-refractivity contribution in [3.8, 4) is 0 Å². The van der Waals surface area contributed by atoms with Crippen LogP contribution in [0, 0.1) is 28.1 Å². The molecule has 0 aromatic heterocycles. The number of carbonyl (C=O) groups excluding carboxylic acids is 2. The molecule has 6 atom stereocenters. The Morgan fingerprint density at radius 3 is 2.37 bits per heavy atom. The van der Waals surface area contributed by atoms with Gasteiger partial charge in [-0.1, -0.05) is 32.1 Å². The molecule has 164 valence electrons. The summed E-state index contributed by atoms with van der Waals surface area (Å²) in [6.45, 7) is 9.67. The van der Waals surface area contributed by atoms with Crippen LogP contribution in [0.2, 0.25) is 0 Å². The van der Waals surface area contributed by atoms with E-state index >= 15 is 0 Å². The van der Waals surface area contributed by atoms with E-state index in [0.717, 1.165) is 30.3 Å². The highest BCUT2D eigenvalue weighted by Crippen LogP contribution is 2.69. The summed E-state index contributed by atoms with van der Waals surface area (Å²) >= 11 is 0. The summed E-state index contributed by atoms with van der Waals surface area (Å²) in [6.07, 6.45) is 8.41. The molecule has 5 heteroatoms. The van der Waals surface area contributed by atoms with E-state index in [4.69, 9.17) is 0 Å². The highest BCUT2D eigenvalue weighted by molar-refractivity contribution is 6.01. The van der Waals surface area contributed by atoms with Gasteiger partial charge in [-0.2, -0.15) is 0 Å². The van der Waals surface area contributed by atoms with E-state index < -0.39 is 17.5 Å². The molecule has 2 N–H and O–H groups in total. The Morgan fingerprint density at radius 1 is 1.10 bits per heavy atom. The second kappa shape index (κ2) is 7.60. The van der Waals surface area contributed by atoms with Gasteiger partial charge in [0.05, 0.1) is 11.5 Å². The van der Waals surface area contributed by atoms with Crippen LogP contribution in [-0.2, 0) is 14.4 Å². The summed E-state index contributed by atoms with van der Waals surface area (Å²) in [5, 5.41) is 20.6. The van der Waals surface area contributed by atoms with Gasteiger partial charge in [0, 0.05) is 17.4 Å². The Hall–Kier alpha value is -2.01. The second-order valence-corrected chi connectivity index (χ2v) is 10.3. The van der Waals surface area contributed by atoms with Crippen molar-refractivity contribution in [2.45, 2.75) is 72.8 Å². The minimum atomic E-state index is -1.18. The van der Waals surface area contributed by atoms with Gasteiger partial charge >= 0.3 is 5.97 Å². The van der Waals surface area contributed by atoms with Crippen molar-refractivity contribution in [1.82, 2.24) is 0 Å². The number of fused-ring (bicyclic) bond motifs is 3. The third-order valence-corrected chi connectivity index (χ3v) is 8.67. The van der Waals surface area contributed by atoms with Gasteiger partial charge in [-0.15, -0.1) is 0 Å². The van der Waals surface area contributed by atoms with Gasteiger partial charge in [0.2, 0.25) is 0 Å². The topological polar surface area (TPSA) is 91.7 Å². The summed E-state index contributed by atoms with van der Waals surface area (Å²) in [4.78, 5) is 36.2. The molecular formula is C25H34O5. The fraction of sp³-hybridized carbons (Fsp3) is 0.640. The lowest BCUT2D eigenvalue weighted by Crippen LogP contribution is -2.61. The number of Topliss-reactive ketones (excluding diaryl/α,β-unsaturated/α-hetero) is 1. The molecule has 0 aromatic carbocycles. The number of aldehydes is 1. The van der Waals surface area contributed by atoms with Crippen molar-refractivity contribution in [3.05, 3.63) is 34.9 Å². The van der Waals surface area contributed by atoms with Crippen LogP contribution < -0.4 is 0 Å². The Balaban J connectivity index is 2.04. The lowest BCUT2D eigenvalue weighted by Gasteiger charge is -2.61. The monoisotopic (exact) mass is 414 g/mol. The number of carboxylic acids is 1. The molecule has 0 aliphatic heterocycles. The third-order valence-electron chi connectivity index (χ3n) is 8.67. The number of hydrogen-bond acceptors (Lipinski definition) is 4. The molecular weight excluding hydrogens is 380 g/mol. The predicted octanol–water partition coefficient (Wildman–Crippen LogP) is 4.26. The maximum atomic E-state index is 13.2. The summed E-state index contributed by atoms with van der Waals surface area (Å²) in [6, 6.07) is 0. The number of carbonyl (C=O) groups is 3. The summed E-state index contributed by atoms with van der Waals surface area (Å²) in [5.41, 5.74) is 0.585.